The number of carbonyl (C=O) groups excluding carboxylic acids is 1. The number of unbranched alkanes of at least 4 members (excludes halogenated alkanes) is 2. The summed E-state index contributed by atoms with van der Waals surface area (Å²) in [6.07, 6.45) is 3.31. The van der Waals surface area contributed by atoms with Crippen molar-refractivity contribution in [2.24, 2.45) is 0 Å². The Kier molecular flexibility index (Phi) is 5.89. The summed E-state index contributed by atoms with van der Waals surface area (Å²) < 4.78 is 6.59. The molecule has 25 heavy (non-hydrogen) atoms. The van der Waals surface area contributed by atoms with Crippen LogP contribution in [0.25, 0.3) is 10.2 Å². The number of amides is 1. The molecule has 0 aliphatic heterocycles. The number of rotatable bonds is 7. The van der Waals surface area contributed by atoms with Gasteiger partial charge in [0.1, 0.15) is 11.3 Å². The van der Waals surface area contributed by atoms with Crippen molar-refractivity contribution >= 4 is 44.7 Å². The number of hydrogen-bond acceptors (Lipinski definition) is 4. The molecule has 0 saturated heterocycles. The molecule has 0 saturated carbocycles. The van der Waals surface area contributed by atoms with Gasteiger partial charge in [-0.3, -0.25) is 4.79 Å². The normalized spacial score (nSPS) is 10.8. The quantitative estimate of drug-likeness (QED) is 0.534. The fraction of sp³-hybridized carbons (Fsp3) is 0.263. The molecule has 2 aromatic carbocycles. The minimum Gasteiger partial charge on any atom is -0.494 e. The van der Waals surface area contributed by atoms with E-state index < -0.39 is 0 Å². The van der Waals surface area contributed by atoms with Crippen LogP contribution in [0.4, 0.5) is 5.69 Å². The molecule has 0 radical (unpaired) electrons. The van der Waals surface area contributed by atoms with Crippen LogP contribution < -0.4 is 10.1 Å². The largest absolute Gasteiger partial charge is 0.494 e. The second kappa shape index (κ2) is 8.32. The van der Waals surface area contributed by atoms with Gasteiger partial charge in [0.25, 0.3) is 5.91 Å². The predicted octanol–water partition coefficient (Wildman–Crippen LogP) is 5.77. The molecule has 0 bridgehead atoms. The first-order valence-electron chi connectivity index (χ1n) is 8.25. The molecule has 0 fully saturated rings. The van der Waals surface area contributed by atoms with E-state index in [1.54, 1.807) is 29.8 Å². The van der Waals surface area contributed by atoms with Crippen molar-refractivity contribution in [2.75, 3.05) is 11.9 Å². The monoisotopic (exact) mass is 374 g/mol. The Morgan fingerprint density at radius 2 is 2.16 bits per heavy atom. The van der Waals surface area contributed by atoms with Crippen LogP contribution in [-0.4, -0.2) is 17.5 Å². The minimum absolute atomic E-state index is 0.184. The molecule has 4 nitrogen and oxygen atoms in total. The molecule has 130 valence electrons. The number of aromatic nitrogens is 1. The van der Waals surface area contributed by atoms with E-state index in [0.717, 1.165) is 24.0 Å². The Morgan fingerprint density at radius 1 is 1.28 bits per heavy atom. The maximum absolute atomic E-state index is 12.6. The second-order valence-corrected chi connectivity index (χ2v) is 6.92. The Hall–Kier alpha value is -2.11. The van der Waals surface area contributed by atoms with E-state index in [4.69, 9.17) is 16.3 Å². The molecule has 1 N–H and O–H groups in total. The highest BCUT2D eigenvalue weighted by atomic mass is 35.5. The van der Waals surface area contributed by atoms with E-state index in [1.165, 1.54) is 11.3 Å². The van der Waals surface area contributed by atoms with Crippen LogP contribution in [0.1, 0.15) is 36.5 Å². The fourth-order valence-electron chi connectivity index (χ4n) is 2.48. The summed E-state index contributed by atoms with van der Waals surface area (Å²) in [4.78, 5) is 16.8. The zero-order valence-corrected chi connectivity index (χ0v) is 15.5. The number of anilines is 1. The topological polar surface area (TPSA) is 51.2 Å². The summed E-state index contributed by atoms with van der Waals surface area (Å²) in [7, 11) is 0. The standard InChI is InChI=1S/C19H19ClN2O2S/c1-2-3-4-10-24-14-7-5-6-13(11-14)19(23)22-16-9-8-15(20)17-18(16)25-12-21-17/h5-9,11-12H,2-4,10H2,1H3,(H,22,23). The van der Waals surface area contributed by atoms with Gasteiger partial charge in [-0.25, -0.2) is 4.98 Å². The summed E-state index contributed by atoms with van der Waals surface area (Å²) in [5.41, 5.74) is 3.69. The van der Waals surface area contributed by atoms with Crippen LogP contribution in [0.15, 0.2) is 41.9 Å². The number of carbonyl (C=O) groups is 1. The minimum atomic E-state index is -0.184. The average molecular weight is 375 g/mol. The van der Waals surface area contributed by atoms with Crippen molar-refractivity contribution in [1.82, 2.24) is 4.98 Å². The van der Waals surface area contributed by atoms with E-state index >= 15 is 0 Å². The summed E-state index contributed by atoms with van der Waals surface area (Å²) in [6.45, 7) is 2.82. The lowest BCUT2D eigenvalue weighted by atomic mass is 10.2. The molecule has 6 heteroatoms. The van der Waals surface area contributed by atoms with E-state index in [0.29, 0.717) is 34.1 Å². The van der Waals surface area contributed by atoms with Crippen LogP contribution in [0, 0.1) is 0 Å². The van der Waals surface area contributed by atoms with Gasteiger partial charge in [0.05, 0.1) is 27.5 Å². The van der Waals surface area contributed by atoms with Gasteiger partial charge < -0.3 is 10.1 Å². The molecule has 1 amide bonds. The van der Waals surface area contributed by atoms with Gasteiger partial charge in [-0.1, -0.05) is 37.4 Å². The maximum atomic E-state index is 12.6. The number of ether oxygens (including phenoxy) is 1. The number of nitrogens with one attached hydrogen (secondary N) is 1. The first kappa shape index (κ1) is 17.7. The number of halogens is 1. The highest BCUT2D eigenvalue weighted by Gasteiger charge is 2.12. The van der Waals surface area contributed by atoms with Gasteiger partial charge >= 0.3 is 0 Å². The van der Waals surface area contributed by atoms with Crippen LogP contribution in [0.5, 0.6) is 5.75 Å². The first-order valence-corrected chi connectivity index (χ1v) is 9.50. The van der Waals surface area contributed by atoms with E-state index in [2.05, 4.69) is 17.2 Å². The van der Waals surface area contributed by atoms with Crippen LogP contribution in [0.3, 0.4) is 0 Å². The van der Waals surface area contributed by atoms with Crippen LogP contribution in [0.2, 0.25) is 5.02 Å². The van der Waals surface area contributed by atoms with Crippen molar-refractivity contribution in [3.05, 3.63) is 52.5 Å². The third kappa shape index (κ3) is 4.30. The van der Waals surface area contributed by atoms with Crippen molar-refractivity contribution < 1.29 is 9.53 Å². The number of hydrogen-bond donors (Lipinski definition) is 1. The Labute approximate surface area is 155 Å². The first-order chi connectivity index (χ1) is 12.2. The van der Waals surface area contributed by atoms with Gasteiger partial charge in [0.2, 0.25) is 0 Å². The molecule has 0 spiro atoms. The lowest BCUT2D eigenvalue weighted by Gasteiger charge is -2.09. The summed E-state index contributed by atoms with van der Waals surface area (Å²) in [5.74, 6) is 0.527. The summed E-state index contributed by atoms with van der Waals surface area (Å²) >= 11 is 7.58. The SMILES string of the molecule is CCCCCOc1cccc(C(=O)Nc2ccc(Cl)c3ncsc23)c1. The highest BCUT2D eigenvalue weighted by Crippen LogP contribution is 2.32. The zero-order valence-electron chi connectivity index (χ0n) is 13.9. The number of benzene rings is 2. The third-order valence-corrected chi connectivity index (χ3v) is 4.96. The van der Waals surface area contributed by atoms with Gasteiger partial charge in [-0.15, -0.1) is 11.3 Å². The van der Waals surface area contributed by atoms with Crippen molar-refractivity contribution in [3.63, 3.8) is 0 Å². The number of thiazole rings is 1. The molecule has 3 aromatic rings. The summed E-state index contributed by atoms with van der Waals surface area (Å²) in [5, 5.41) is 3.52. The van der Waals surface area contributed by atoms with E-state index in [1.807, 2.05) is 12.1 Å². The fourth-order valence-corrected chi connectivity index (χ4v) is 3.53. The summed E-state index contributed by atoms with van der Waals surface area (Å²) in [6, 6.07) is 10.8. The lowest BCUT2D eigenvalue weighted by Crippen LogP contribution is -2.12. The molecular formula is C19H19ClN2O2S. The van der Waals surface area contributed by atoms with E-state index in [9.17, 15) is 4.79 Å². The van der Waals surface area contributed by atoms with Crippen LogP contribution in [-0.2, 0) is 0 Å². The van der Waals surface area contributed by atoms with Gasteiger partial charge in [0.15, 0.2) is 0 Å². The Balaban J connectivity index is 1.72. The molecule has 0 aliphatic rings. The van der Waals surface area contributed by atoms with Gasteiger partial charge in [0, 0.05) is 5.56 Å². The van der Waals surface area contributed by atoms with Gasteiger partial charge in [-0.2, -0.15) is 0 Å². The molecule has 1 heterocycles. The van der Waals surface area contributed by atoms with Crippen molar-refractivity contribution in [1.29, 1.82) is 0 Å². The Bertz CT molecular complexity index is 879. The third-order valence-electron chi connectivity index (χ3n) is 3.80. The maximum Gasteiger partial charge on any atom is 0.255 e. The lowest BCUT2D eigenvalue weighted by molar-refractivity contribution is 0.102. The molecular weight excluding hydrogens is 356 g/mol. The molecule has 1 aromatic heterocycles. The van der Waals surface area contributed by atoms with Crippen molar-refractivity contribution in [3.8, 4) is 5.75 Å². The molecule has 0 unspecified atom stereocenters. The molecule has 3 rings (SSSR count). The highest BCUT2D eigenvalue weighted by molar-refractivity contribution is 7.17. The zero-order chi connectivity index (χ0) is 17.6. The molecule has 0 aliphatic carbocycles. The Morgan fingerprint density at radius 3 is 3.00 bits per heavy atom. The van der Waals surface area contributed by atoms with Crippen LogP contribution >= 0.6 is 22.9 Å². The average Bonchev–Trinajstić information content (AvgIpc) is 3.12. The number of fused-ring (bicyclic) bond motifs is 1. The van der Waals surface area contributed by atoms with E-state index in [-0.39, 0.29) is 5.91 Å². The smallest absolute Gasteiger partial charge is 0.255 e. The molecule has 0 atom stereocenters. The van der Waals surface area contributed by atoms with Gasteiger partial charge in [-0.05, 0) is 36.8 Å². The van der Waals surface area contributed by atoms with Crippen molar-refractivity contribution in [2.45, 2.75) is 26.2 Å². The predicted molar refractivity (Wildman–Crippen MR) is 104 cm³/mol. The number of nitrogens with zero attached hydrogens (tertiary/aromatic N) is 1. The second-order valence-electron chi connectivity index (χ2n) is 5.66.